The first-order chi connectivity index (χ1) is 8.25. The van der Waals surface area contributed by atoms with Gasteiger partial charge in [0.25, 0.3) is 0 Å². The summed E-state index contributed by atoms with van der Waals surface area (Å²) in [5.41, 5.74) is 1.14. The first-order valence-electron chi connectivity index (χ1n) is 6.27. The highest BCUT2D eigenvalue weighted by atomic mass is 32.1. The summed E-state index contributed by atoms with van der Waals surface area (Å²) in [6.45, 7) is 0.731. The minimum absolute atomic E-state index is 0.565. The third kappa shape index (κ3) is 3.70. The fourth-order valence-electron chi connectivity index (χ4n) is 2.23. The molecule has 1 aromatic heterocycles. The molecule has 1 aromatic rings. The van der Waals surface area contributed by atoms with Gasteiger partial charge in [0.2, 0.25) is 0 Å². The van der Waals surface area contributed by atoms with Gasteiger partial charge in [-0.25, -0.2) is 0 Å². The standard InChI is InChI=1S/C12H20N4S/c1-16-11(7-8-14-16)9-13-12(17)15-10-5-3-2-4-6-10/h7-8,10H,2-6,9H2,1H3,(H2,13,15,17). The van der Waals surface area contributed by atoms with Gasteiger partial charge in [0.1, 0.15) is 0 Å². The minimum Gasteiger partial charge on any atom is -0.360 e. The Labute approximate surface area is 108 Å². The smallest absolute Gasteiger partial charge is 0.166 e. The summed E-state index contributed by atoms with van der Waals surface area (Å²) in [6.07, 6.45) is 8.30. The highest BCUT2D eigenvalue weighted by Crippen LogP contribution is 2.17. The number of aryl methyl sites for hydroxylation is 1. The second-order valence-electron chi connectivity index (χ2n) is 4.61. The molecule has 1 aliphatic rings. The second-order valence-corrected chi connectivity index (χ2v) is 5.02. The Morgan fingerprint density at radius 3 is 2.88 bits per heavy atom. The fourth-order valence-corrected chi connectivity index (χ4v) is 2.47. The molecule has 4 nitrogen and oxygen atoms in total. The van der Waals surface area contributed by atoms with Crippen molar-refractivity contribution in [1.29, 1.82) is 0 Å². The average Bonchev–Trinajstić information content (AvgIpc) is 2.74. The van der Waals surface area contributed by atoms with E-state index >= 15 is 0 Å². The quantitative estimate of drug-likeness (QED) is 0.804. The maximum absolute atomic E-state index is 5.30. The van der Waals surface area contributed by atoms with Gasteiger partial charge in [0.15, 0.2) is 5.11 Å². The van der Waals surface area contributed by atoms with E-state index in [1.807, 2.05) is 17.8 Å². The molecule has 1 aliphatic carbocycles. The van der Waals surface area contributed by atoms with Gasteiger partial charge in [-0.1, -0.05) is 19.3 Å². The van der Waals surface area contributed by atoms with Crippen LogP contribution in [0.2, 0.25) is 0 Å². The largest absolute Gasteiger partial charge is 0.360 e. The molecular weight excluding hydrogens is 232 g/mol. The van der Waals surface area contributed by atoms with Crippen LogP contribution in [0.5, 0.6) is 0 Å². The third-order valence-electron chi connectivity index (χ3n) is 3.29. The molecular formula is C12H20N4S. The number of nitrogens with zero attached hydrogens (tertiary/aromatic N) is 2. The molecule has 0 unspecified atom stereocenters. The molecule has 1 saturated carbocycles. The fraction of sp³-hybridized carbons (Fsp3) is 0.667. The Balaban J connectivity index is 1.72. The number of nitrogens with one attached hydrogen (secondary N) is 2. The van der Waals surface area contributed by atoms with E-state index in [4.69, 9.17) is 12.2 Å². The number of thiocarbonyl (C=S) groups is 1. The van der Waals surface area contributed by atoms with E-state index in [1.165, 1.54) is 32.1 Å². The summed E-state index contributed by atoms with van der Waals surface area (Å²) in [5.74, 6) is 0. The normalized spacial score (nSPS) is 16.8. The van der Waals surface area contributed by atoms with Gasteiger partial charge in [-0.3, -0.25) is 4.68 Å². The second kappa shape index (κ2) is 6.00. The maximum atomic E-state index is 5.30. The summed E-state index contributed by atoms with van der Waals surface area (Å²) in [6, 6.07) is 2.56. The molecule has 2 N–H and O–H groups in total. The van der Waals surface area contributed by atoms with Crippen molar-refractivity contribution in [2.24, 2.45) is 7.05 Å². The SMILES string of the molecule is Cn1nccc1CNC(=S)NC1CCCCC1. The monoisotopic (exact) mass is 252 g/mol. The molecule has 0 radical (unpaired) electrons. The van der Waals surface area contributed by atoms with Gasteiger partial charge in [-0.05, 0) is 31.1 Å². The predicted octanol–water partition coefficient (Wildman–Crippen LogP) is 1.72. The van der Waals surface area contributed by atoms with Gasteiger partial charge >= 0.3 is 0 Å². The molecule has 0 saturated heterocycles. The number of rotatable bonds is 3. The Morgan fingerprint density at radius 1 is 1.47 bits per heavy atom. The van der Waals surface area contributed by atoms with Crippen molar-refractivity contribution in [2.75, 3.05) is 0 Å². The summed E-state index contributed by atoms with van der Waals surface area (Å²) >= 11 is 5.30. The van der Waals surface area contributed by atoms with Gasteiger partial charge in [0.05, 0.1) is 12.2 Å². The van der Waals surface area contributed by atoms with Crippen molar-refractivity contribution >= 4 is 17.3 Å². The summed E-state index contributed by atoms with van der Waals surface area (Å²) in [5, 5.41) is 11.5. The molecule has 0 aromatic carbocycles. The van der Waals surface area contributed by atoms with Crippen molar-refractivity contribution in [2.45, 2.75) is 44.7 Å². The van der Waals surface area contributed by atoms with Crippen LogP contribution in [-0.2, 0) is 13.6 Å². The first kappa shape index (κ1) is 12.4. The molecule has 0 amide bonds. The molecule has 17 heavy (non-hydrogen) atoms. The van der Waals surface area contributed by atoms with E-state index in [2.05, 4.69) is 15.7 Å². The lowest BCUT2D eigenvalue weighted by atomic mass is 9.96. The summed E-state index contributed by atoms with van der Waals surface area (Å²) in [4.78, 5) is 0. The number of aromatic nitrogens is 2. The Hall–Kier alpha value is -1.10. The maximum Gasteiger partial charge on any atom is 0.166 e. The van der Waals surface area contributed by atoms with E-state index in [0.717, 1.165) is 17.4 Å². The van der Waals surface area contributed by atoms with Crippen LogP contribution < -0.4 is 10.6 Å². The van der Waals surface area contributed by atoms with E-state index < -0.39 is 0 Å². The van der Waals surface area contributed by atoms with Crippen LogP contribution in [0.25, 0.3) is 0 Å². The van der Waals surface area contributed by atoms with Crippen molar-refractivity contribution in [1.82, 2.24) is 20.4 Å². The Morgan fingerprint density at radius 2 is 2.24 bits per heavy atom. The van der Waals surface area contributed by atoms with Crippen molar-refractivity contribution in [3.63, 3.8) is 0 Å². The van der Waals surface area contributed by atoms with Crippen LogP contribution in [0.15, 0.2) is 12.3 Å². The molecule has 94 valence electrons. The molecule has 0 atom stereocenters. The van der Waals surface area contributed by atoms with Gasteiger partial charge in [0, 0.05) is 19.3 Å². The third-order valence-corrected chi connectivity index (χ3v) is 3.56. The van der Waals surface area contributed by atoms with Crippen molar-refractivity contribution in [3.05, 3.63) is 18.0 Å². The topological polar surface area (TPSA) is 41.9 Å². The zero-order valence-electron chi connectivity index (χ0n) is 10.3. The Bertz CT molecular complexity index is 368. The highest BCUT2D eigenvalue weighted by molar-refractivity contribution is 7.80. The van der Waals surface area contributed by atoms with Crippen LogP contribution in [-0.4, -0.2) is 20.9 Å². The zero-order valence-corrected chi connectivity index (χ0v) is 11.1. The summed E-state index contributed by atoms with van der Waals surface area (Å²) in [7, 11) is 1.94. The molecule has 5 heteroatoms. The lowest BCUT2D eigenvalue weighted by molar-refractivity contribution is 0.412. The molecule has 1 heterocycles. The van der Waals surface area contributed by atoms with Crippen molar-refractivity contribution < 1.29 is 0 Å². The van der Waals surface area contributed by atoms with Gasteiger partial charge < -0.3 is 10.6 Å². The number of hydrogen-bond donors (Lipinski definition) is 2. The Kier molecular flexibility index (Phi) is 4.36. The van der Waals surface area contributed by atoms with Crippen LogP contribution >= 0.6 is 12.2 Å². The summed E-state index contributed by atoms with van der Waals surface area (Å²) < 4.78 is 1.86. The number of hydrogen-bond acceptors (Lipinski definition) is 2. The first-order valence-corrected chi connectivity index (χ1v) is 6.68. The lowest BCUT2D eigenvalue weighted by Crippen LogP contribution is -2.42. The zero-order chi connectivity index (χ0) is 12.1. The van der Waals surface area contributed by atoms with E-state index in [0.29, 0.717) is 6.04 Å². The lowest BCUT2D eigenvalue weighted by Gasteiger charge is -2.24. The molecule has 0 spiro atoms. The molecule has 0 bridgehead atoms. The predicted molar refractivity (Wildman–Crippen MR) is 72.7 cm³/mol. The molecule has 2 rings (SSSR count). The van der Waals surface area contributed by atoms with Gasteiger partial charge in [-0.2, -0.15) is 5.10 Å². The van der Waals surface area contributed by atoms with Crippen LogP contribution in [0.3, 0.4) is 0 Å². The van der Waals surface area contributed by atoms with Gasteiger partial charge in [-0.15, -0.1) is 0 Å². The van der Waals surface area contributed by atoms with Crippen LogP contribution in [0.1, 0.15) is 37.8 Å². The van der Waals surface area contributed by atoms with Crippen molar-refractivity contribution in [3.8, 4) is 0 Å². The van der Waals surface area contributed by atoms with E-state index in [1.54, 1.807) is 6.20 Å². The van der Waals surface area contributed by atoms with Crippen LogP contribution in [0, 0.1) is 0 Å². The molecule has 1 fully saturated rings. The van der Waals surface area contributed by atoms with E-state index in [-0.39, 0.29) is 0 Å². The average molecular weight is 252 g/mol. The van der Waals surface area contributed by atoms with E-state index in [9.17, 15) is 0 Å². The minimum atomic E-state index is 0.565. The van der Waals surface area contributed by atoms with Crippen LogP contribution in [0.4, 0.5) is 0 Å². The highest BCUT2D eigenvalue weighted by Gasteiger charge is 2.13. The molecule has 0 aliphatic heterocycles.